The van der Waals surface area contributed by atoms with E-state index in [4.69, 9.17) is 4.74 Å². The molecule has 94 valence electrons. The fourth-order valence-corrected chi connectivity index (χ4v) is 2.34. The molecule has 1 aromatic carbocycles. The molecule has 0 amide bonds. The molecule has 0 saturated carbocycles. The van der Waals surface area contributed by atoms with E-state index >= 15 is 0 Å². The van der Waals surface area contributed by atoms with Gasteiger partial charge in [0.1, 0.15) is 0 Å². The third-order valence-electron chi connectivity index (χ3n) is 2.30. The average Bonchev–Trinajstić information content (AvgIpc) is 2.27. The van der Waals surface area contributed by atoms with Crippen LogP contribution in [0.25, 0.3) is 0 Å². The SMILES string of the molecule is COc1ccc(S(=O)(=O)C(C)C)cc1[N+](=O)[O-]. The summed E-state index contributed by atoms with van der Waals surface area (Å²) >= 11 is 0. The third kappa shape index (κ3) is 2.55. The minimum absolute atomic E-state index is 0.0395. The molecule has 0 saturated heterocycles. The second-order valence-electron chi connectivity index (χ2n) is 3.68. The number of nitrogens with zero attached hydrogens (tertiary/aromatic N) is 1. The minimum Gasteiger partial charge on any atom is -0.490 e. The molecule has 0 fully saturated rings. The van der Waals surface area contributed by atoms with E-state index in [-0.39, 0.29) is 16.3 Å². The Morgan fingerprint density at radius 1 is 1.35 bits per heavy atom. The van der Waals surface area contributed by atoms with Crippen molar-refractivity contribution in [2.45, 2.75) is 24.0 Å². The van der Waals surface area contributed by atoms with Gasteiger partial charge < -0.3 is 4.74 Å². The van der Waals surface area contributed by atoms with Crippen molar-refractivity contribution < 1.29 is 18.1 Å². The predicted molar refractivity (Wildman–Crippen MR) is 62.0 cm³/mol. The molecule has 6 nitrogen and oxygen atoms in total. The molecule has 0 radical (unpaired) electrons. The number of hydrogen-bond acceptors (Lipinski definition) is 5. The summed E-state index contributed by atoms with van der Waals surface area (Å²) in [7, 11) is -2.23. The smallest absolute Gasteiger partial charge is 0.312 e. The Balaban J connectivity index is 3.41. The van der Waals surface area contributed by atoms with Gasteiger partial charge in [0.25, 0.3) is 0 Å². The van der Waals surface area contributed by atoms with Crippen molar-refractivity contribution in [3.8, 4) is 5.75 Å². The fourth-order valence-electron chi connectivity index (χ4n) is 1.26. The van der Waals surface area contributed by atoms with Crippen LogP contribution >= 0.6 is 0 Å². The molecule has 1 aromatic rings. The van der Waals surface area contributed by atoms with E-state index in [1.807, 2.05) is 0 Å². The summed E-state index contributed by atoms with van der Waals surface area (Å²) in [6.07, 6.45) is 0. The second kappa shape index (κ2) is 4.70. The summed E-state index contributed by atoms with van der Waals surface area (Å²) in [6.45, 7) is 3.04. The van der Waals surface area contributed by atoms with E-state index in [9.17, 15) is 18.5 Å². The van der Waals surface area contributed by atoms with Crippen LogP contribution in [0, 0.1) is 10.1 Å². The van der Waals surface area contributed by atoms with E-state index in [1.54, 1.807) is 0 Å². The fraction of sp³-hybridized carbons (Fsp3) is 0.400. The van der Waals surface area contributed by atoms with Crippen LogP contribution < -0.4 is 4.74 Å². The number of benzene rings is 1. The number of rotatable bonds is 4. The molecule has 0 heterocycles. The van der Waals surface area contributed by atoms with E-state index in [0.29, 0.717) is 0 Å². The Hall–Kier alpha value is -1.63. The Kier molecular flexibility index (Phi) is 3.72. The lowest BCUT2D eigenvalue weighted by atomic mass is 10.3. The van der Waals surface area contributed by atoms with Crippen LogP contribution in [0.4, 0.5) is 5.69 Å². The average molecular weight is 259 g/mol. The van der Waals surface area contributed by atoms with E-state index < -0.39 is 20.0 Å². The van der Waals surface area contributed by atoms with Crippen molar-refractivity contribution in [1.82, 2.24) is 0 Å². The molecule has 0 N–H and O–H groups in total. The molecule has 1 rings (SSSR count). The van der Waals surface area contributed by atoms with Crippen molar-refractivity contribution >= 4 is 15.5 Å². The molecular weight excluding hydrogens is 246 g/mol. The highest BCUT2D eigenvalue weighted by atomic mass is 32.2. The van der Waals surface area contributed by atoms with Gasteiger partial charge in [0.2, 0.25) is 0 Å². The van der Waals surface area contributed by atoms with Gasteiger partial charge in [0, 0.05) is 6.07 Å². The lowest BCUT2D eigenvalue weighted by Crippen LogP contribution is -2.14. The van der Waals surface area contributed by atoms with Gasteiger partial charge in [0.15, 0.2) is 15.6 Å². The molecule has 0 aliphatic carbocycles. The van der Waals surface area contributed by atoms with Crippen LogP contribution in [0.2, 0.25) is 0 Å². The molecule has 0 spiro atoms. The van der Waals surface area contributed by atoms with Crippen LogP contribution in [0.1, 0.15) is 13.8 Å². The maximum atomic E-state index is 11.8. The summed E-state index contributed by atoms with van der Waals surface area (Å²) in [6, 6.07) is 3.61. The first kappa shape index (κ1) is 13.4. The van der Waals surface area contributed by atoms with Gasteiger partial charge in [0.05, 0.1) is 22.2 Å². The van der Waals surface area contributed by atoms with Crippen molar-refractivity contribution in [2.75, 3.05) is 7.11 Å². The maximum Gasteiger partial charge on any atom is 0.312 e. The van der Waals surface area contributed by atoms with E-state index in [2.05, 4.69) is 0 Å². The van der Waals surface area contributed by atoms with Crippen LogP contribution in [0.15, 0.2) is 23.1 Å². The number of sulfone groups is 1. The number of nitro benzene ring substituents is 1. The van der Waals surface area contributed by atoms with Gasteiger partial charge in [-0.15, -0.1) is 0 Å². The Morgan fingerprint density at radius 3 is 2.35 bits per heavy atom. The second-order valence-corrected chi connectivity index (χ2v) is 6.19. The summed E-state index contributed by atoms with van der Waals surface area (Å²) in [5.41, 5.74) is -0.353. The zero-order valence-electron chi connectivity index (χ0n) is 9.71. The van der Waals surface area contributed by atoms with E-state index in [1.165, 1.54) is 33.1 Å². The van der Waals surface area contributed by atoms with Gasteiger partial charge in [-0.05, 0) is 26.0 Å². The number of methoxy groups -OCH3 is 1. The maximum absolute atomic E-state index is 11.8. The third-order valence-corrected chi connectivity index (χ3v) is 4.45. The summed E-state index contributed by atoms with van der Waals surface area (Å²) in [4.78, 5) is 10.0. The van der Waals surface area contributed by atoms with Crippen molar-refractivity contribution in [3.05, 3.63) is 28.3 Å². The predicted octanol–water partition coefficient (Wildman–Crippen LogP) is 1.79. The number of ether oxygens (including phenoxy) is 1. The van der Waals surface area contributed by atoms with Crippen LogP contribution in [-0.2, 0) is 9.84 Å². The zero-order chi connectivity index (χ0) is 13.2. The Bertz CT molecular complexity index is 536. The van der Waals surface area contributed by atoms with Gasteiger partial charge >= 0.3 is 5.69 Å². The zero-order valence-corrected chi connectivity index (χ0v) is 10.5. The largest absolute Gasteiger partial charge is 0.490 e. The van der Waals surface area contributed by atoms with Gasteiger partial charge in [-0.25, -0.2) is 8.42 Å². The van der Waals surface area contributed by atoms with Crippen molar-refractivity contribution in [3.63, 3.8) is 0 Å². The highest BCUT2D eigenvalue weighted by Gasteiger charge is 2.24. The highest BCUT2D eigenvalue weighted by Crippen LogP contribution is 2.30. The standard InChI is InChI=1S/C10H13NO5S/c1-7(2)17(14,15)8-4-5-10(16-3)9(6-8)11(12)13/h4-7H,1-3H3. The van der Waals surface area contributed by atoms with Crippen molar-refractivity contribution in [2.24, 2.45) is 0 Å². The molecule has 0 aliphatic rings. The van der Waals surface area contributed by atoms with Crippen LogP contribution in [-0.4, -0.2) is 25.7 Å². The topological polar surface area (TPSA) is 86.5 Å². The minimum atomic E-state index is -3.52. The molecular formula is C10H13NO5S. The number of nitro groups is 1. The van der Waals surface area contributed by atoms with Crippen LogP contribution in [0.5, 0.6) is 5.75 Å². The lowest BCUT2D eigenvalue weighted by molar-refractivity contribution is -0.386. The summed E-state index contributed by atoms with van der Waals surface area (Å²) < 4.78 is 28.5. The molecule has 0 atom stereocenters. The highest BCUT2D eigenvalue weighted by molar-refractivity contribution is 7.92. The number of hydrogen-bond donors (Lipinski definition) is 0. The van der Waals surface area contributed by atoms with Crippen LogP contribution in [0.3, 0.4) is 0 Å². The quantitative estimate of drug-likeness (QED) is 0.607. The van der Waals surface area contributed by atoms with E-state index in [0.717, 1.165) is 6.07 Å². The first-order valence-electron chi connectivity index (χ1n) is 4.87. The van der Waals surface area contributed by atoms with Gasteiger partial charge in [-0.1, -0.05) is 0 Å². The molecule has 0 aliphatic heterocycles. The van der Waals surface area contributed by atoms with Gasteiger partial charge in [-0.3, -0.25) is 10.1 Å². The molecule has 0 aromatic heterocycles. The molecule has 0 unspecified atom stereocenters. The molecule has 7 heteroatoms. The first-order chi connectivity index (χ1) is 7.80. The molecule has 0 bridgehead atoms. The lowest BCUT2D eigenvalue weighted by Gasteiger charge is -2.08. The normalized spacial score (nSPS) is 11.5. The summed E-state index contributed by atoms with van der Waals surface area (Å²) in [5.74, 6) is 0.0395. The van der Waals surface area contributed by atoms with Gasteiger partial charge in [-0.2, -0.15) is 0 Å². The molecule has 17 heavy (non-hydrogen) atoms. The Morgan fingerprint density at radius 2 is 1.94 bits per heavy atom. The summed E-state index contributed by atoms with van der Waals surface area (Å²) in [5, 5.41) is 10.1. The Labute approximate surface area is 99.3 Å². The monoisotopic (exact) mass is 259 g/mol. The van der Waals surface area contributed by atoms with Crippen molar-refractivity contribution in [1.29, 1.82) is 0 Å². The first-order valence-corrected chi connectivity index (χ1v) is 6.41.